The van der Waals surface area contributed by atoms with Crippen molar-refractivity contribution in [3.05, 3.63) is 53.7 Å². The minimum Gasteiger partial charge on any atom is -0.481 e. The Bertz CT molecular complexity index is 1410. The normalized spacial score (nSPS) is 15.9. The van der Waals surface area contributed by atoms with Crippen molar-refractivity contribution in [1.29, 1.82) is 0 Å². The van der Waals surface area contributed by atoms with Crippen LogP contribution < -0.4 is 25.8 Å². The van der Waals surface area contributed by atoms with Gasteiger partial charge in [-0.1, -0.05) is 0 Å². The quantitative estimate of drug-likeness (QED) is 0.406. The first-order valence-electron chi connectivity index (χ1n) is 10.5. The third-order valence-corrected chi connectivity index (χ3v) is 5.36. The zero-order valence-corrected chi connectivity index (χ0v) is 18.4. The van der Waals surface area contributed by atoms with Gasteiger partial charge in [-0.25, -0.2) is 19.3 Å². The van der Waals surface area contributed by atoms with Gasteiger partial charge < -0.3 is 25.8 Å². The predicted octanol–water partition coefficient (Wildman–Crippen LogP) is 2.04. The lowest BCUT2D eigenvalue weighted by molar-refractivity contribution is 0.0932. The maximum atomic E-state index is 14.0. The van der Waals surface area contributed by atoms with E-state index in [1.165, 1.54) is 23.9 Å². The van der Waals surface area contributed by atoms with Gasteiger partial charge in [0.05, 0.1) is 31.6 Å². The van der Waals surface area contributed by atoms with Crippen molar-refractivity contribution in [3.63, 3.8) is 0 Å². The number of amides is 1. The molecule has 4 N–H and O–H groups in total. The molecule has 0 unspecified atom stereocenters. The summed E-state index contributed by atoms with van der Waals surface area (Å²) in [6.45, 7) is 2.11. The van der Waals surface area contributed by atoms with Crippen molar-refractivity contribution in [3.8, 4) is 22.9 Å². The molecule has 0 saturated heterocycles. The SMILES string of the molecule is COc1cc(-c2c3nc4c(cnn4c2N)C(=O)NC[C@H](C)Oc2ncc(F)cc2CN3)ccn1. The van der Waals surface area contributed by atoms with E-state index in [1.54, 1.807) is 25.3 Å². The molecule has 1 aliphatic rings. The number of aromatic nitrogens is 5. The van der Waals surface area contributed by atoms with E-state index in [0.717, 1.165) is 6.20 Å². The number of hydrogen-bond acceptors (Lipinski definition) is 9. The van der Waals surface area contributed by atoms with Crippen LogP contribution in [0.4, 0.5) is 16.0 Å². The average molecular weight is 464 g/mol. The summed E-state index contributed by atoms with van der Waals surface area (Å²) in [6, 6.07) is 4.79. The maximum Gasteiger partial charge on any atom is 0.256 e. The number of nitrogens with two attached hydrogens (primary N) is 1. The molecule has 1 amide bonds. The highest BCUT2D eigenvalue weighted by Crippen LogP contribution is 2.35. The number of ether oxygens (including phenoxy) is 2. The second-order valence-corrected chi connectivity index (χ2v) is 7.71. The van der Waals surface area contributed by atoms with Crippen LogP contribution in [0.5, 0.6) is 11.8 Å². The van der Waals surface area contributed by atoms with Gasteiger partial charge in [0.2, 0.25) is 11.8 Å². The van der Waals surface area contributed by atoms with E-state index in [9.17, 15) is 9.18 Å². The van der Waals surface area contributed by atoms with Gasteiger partial charge in [0.1, 0.15) is 29.1 Å². The molecule has 0 saturated carbocycles. The molecule has 5 heterocycles. The lowest BCUT2D eigenvalue weighted by atomic mass is 10.1. The first-order valence-corrected chi connectivity index (χ1v) is 10.5. The van der Waals surface area contributed by atoms with Crippen molar-refractivity contribution in [1.82, 2.24) is 29.9 Å². The standard InChI is InChI=1S/C22H21FN8O3/c1-11-7-27-21(32)15-10-29-31-18(24)17(12-3-4-25-16(6-12)33-2)19(30-20(15)31)26-8-13-5-14(23)9-28-22(13)34-11/h3-6,9-11H,7-8,24H2,1-2H3,(H,26,30)(H,27,32)/t11-/m0/s1. The highest BCUT2D eigenvalue weighted by Gasteiger charge is 2.23. The van der Waals surface area contributed by atoms with Crippen molar-refractivity contribution >= 4 is 23.2 Å². The summed E-state index contributed by atoms with van der Waals surface area (Å²) in [5.41, 5.74) is 8.69. The summed E-state index contributed by atoms with van der Waals surface area (Å²) < 4.78 is 26.5. The number of pyridine rings is 2. The lowest BCUT2D eigenvalue weighted by Gasteiger charge is -2.18. The average Bonchev–Trinajstić information content (AvgIpc) is 3.26. The largest absolute Gasteiger partial charge is 0.481 e. The second-order valence-electron chi connectivity index (χ2n) is 7.71. The van der Waals surface area contributed by atoms with Gasteiger partial charge in [-0.3, -0.25) is 4.79 Å². The van der Waals surface area contributed by atoms with Crippen LogP contribution in [0.15, 0.2) is 36.8 Å². The Balaban J connectivity index is 1.71. The van der Waals surface area contributed by atoms with Crippen LogP contribution in [0.2, 0.25) is 0 Å². The summed E-state index contributed by atoms with van der Waals surface area (Å²) in [5, 5.41) is 10.3. The molecule has 0 aromatic carbocycles. The zero-order chi connectivity index (χ0) is 23.8. The molecule has 0 fully saturated rings. The van der Waals surface area contributed by atoms with Crippen molar-refractivity contribution < 1.29 is 18.7 Å². The first-order chi connectivity index (χ1) is 16.4. The number of hydrogen-bond donors (Lipinski definition) is 3. The van der Waals surface area contributed by atoms with E-state index >= 15 is 0 Å². The Morgan fingerprint density at radius 1 is 1.26 bits per heavy atom. The molecule has 0 radical (unpaired) electrons. The molecule has 12 heteroatoms. The molecule has 11 nitrogen and oxygen atoms in total. The molecule has 5 rings (SSSR count). The number of nitrogens with zero attached hydrogens (tertiary/aromatic N) is 5. The van der Waals surface area contributed by atoms with E-state index in [1.807, 2.05) is 0 Å². The fraction of sp³-hybridized carbons (Fsp3) is 0.227. The predicted molar refractivity (Wildman–Crippen MR) is 121 cm³/mol. The number of carbonyl (C=O) groups excluding carboxylic acids is 1. The minimum absolute atomic E-state index is 0.134. The number of methoxy groups -OCH3 is 1. The zero-order valence-electron chi connectivity index (χ0n) is 18.4. The number of fused-ring (bicyclic) bond motifs is 2. The molecule has 174 valence electrons. The van der Waals surface area contributed by atoms with Crippen LogP contribution >= 0.6 is 0 Å². The molecule has 1 aliphatic heterocycles. The van der Waals surface area contributed by atoms with Gasteiger partial charge in [0, 0.05) is 24.4 Å². The van der Waals surface area contributed by atoms with Crippen molar-refractivity contribution in [2.45, 2.75) is 19.6 Å². The summed E-state index contributed by atoms with van der Waals surface area (Å²) in [6.07, 6.45) is 3.65. The van der Waals surface area contributed by atoms with Crippen LogP contribution in [-0.4, -0.2) is 50.2 Å². The van der Waals surface area contributed by atoms with Gasteiger partial charge >= 0.3 is 0 Å². The highest BCUT2D eigenvalue weighted by atomic mass is 19.1. The third kappa shape index (κ3) is 3.78. The van der Waals surface area contributed by atoms with Crippen molar-refractivity contribution in [2.75, 3.05) is 24.7 Å². The first kappa shape index (κ1) is 21.4. The van der Waals surface area contributed by atoms with Gasteiger partial charge in [-0.05, 0) is 24.6 Å². The molecular formula is C22H21FN8O3. The summed E-state index contributed by atoms with van der Waals surface area (Å²) in [4.78, 5) is 25.8. The number of nitrogens with one attached hydrogen (secondary N) is 2. The topological polar surface area (TPSA) is 142 Å². The maximum absolute atomic E-state index is 14.0. The van der Waals surface area contributed by atoms with Crippen LogP contribution in [-0.2, 0) is 6.54 Å². The highest BCUT2D eigenvalue weighted by molar-refractivity contribution is 6.01. The minimum atomic E-state index is -0.505. The van der Waals surface area contributed by atoms with E-state index in [2.05, 4.69) is 30.7 Å². The van der Waals surface area contributed by atoms with Gasteiger partial charge in [0.15, 0.2) is 5.65 Å². The third-order valence-electron chi connectivity index (χ3n) is 5.36. The number of rotatable bonds is 2. The summed E-state index contributed by atoms with van der Waals surface area (Å²) in [7, 11) is 1.51. The summed E-state index contributed by atoms with van der Waals surface area (Å²) in [5.74, 6) is 0.349. The fourth-order valence-electron chi connectivity index (χ4n) is 3.71. The molecule has 4 aromatic rings. The van der Waals surface area contributed by atoms with Crippen LogP contribution in [0.3, 0.4) is 0 Å². The van der Waals surface area contributed by atoms with Crippen LogP contribution in [0, 0.1) is 5.82 Å². The van der Waals surface area contributed by atoms with Gasteiger partial charge in [0.25, 0.3) is 5.91 Å². The number of nitrogen functional groups attached to an aromatic ring is 1. The smallest absolute Gasteiger partial charge is 0.256 e. The molecule has 0 aliphatic carbocycles. The van der Waals surface area contributed by atoms with Crippen LogP contribution in [0.1, 0.15) is 22.8 Å². The van der Waals surface area contributed by atoms with E-state index in [4.69, 9.17) is 15.2 Å². The fourth-order valence-corrected chi connectivity index (χ4v) is 3.71. The summed E-state index contributed by atoms with van der Waals surface area (Å²) >= 11 is 0. The number of carbonyl (C=O) groups is 1. The van der Waals surface area contributed by atoms with E-state index < -0.39 is 11.9 Å². The Morgan fingerprint density at radius 3 is 2.94 bits per heavy atom. The lowest BCUT2D eigenvalue weighted by Crippen LogP contribution is -2.33. The monoisotopic (exact) mass is 464 g/mol. The number of halogens is 1. The Hall–Kier alpha value is -4.48. The number of anilines is 2. The van der Waals surface area contributed by atoms with E-state index in [0.29, 0.717) is 28.4 Å². The molecule has 34 heavy (non-hydrogen) atoms. The Kier molecular flexibility index (Phi) is 5.32. The molecular weight excluding hydrogens is 443 g/mol. The Morgan fingerprint density at radius 2 is 2.12 bits per heavy atom. The van der Waals surface area contributed by atoms with Gasteiger partial charge in [-0.2, -0.15) is 9.61 Å². The molecule has 4 aromatic heterocycles. The van der Waals surface area contributed by atoms with E-state index in [-0.39, 0.29) is 41.9 Å². The van der Waals surface area contributed by atoms with Crippen molar-refractivity contribution in [2.24, 2.45) is 0 Å². The van der Waals surface area contributed by atoms with Crippen LogP contribution in [0.25, 0.3) is 16.8 Å². The molecule has 0 spiro atoms. The van der Waals surface area contributed by atoms with Gasteiger partial charge in [-0.15, -0.1) is 0 Å². The molecule has 1 atom stereocenters. The molecule has 2 bridgehead atoms. The second kappa shape index (κ2) is 8.46. The Labute approximate surface area is 193 Å².